The van der Waals surface area contributed by atoms with Crippen molar-refractivity contribution in [1.29, 1.82) is 0 Å². The van der Waals surface area contributed by atoms with Crippen molar-refractivity contribution in [3.8, 4) is 17.3 Å². The van der Waals surface area contributed by atoms with E-state index in [0.717, 1.165) is 62.7 Å². The summed E-state index contributed by atoms with van der Waals surface area (Å²) in [5, 5.41) is 7.59. The highest BCUT2D eigenvalue weighted by Gasteiger charge is 2.29. The summed E-state index contributed by atoms with van der Waals surface area (Å²) < 4.78 is 4.99. The largest absolute Gasteiger partial charge is 0.349 e. The highest BCUT2D eigenvalue weighted by atomic mass is 79.9. The van der Waals surface area contributed by atoms with Crippen molar-refractivity contribution >= 4 is 44.2 Å². The second-order valence-corrected chi connectivity index (χ2v) is 11.1. The van der Waals surface area contributed by atoms with Gasteiger partial charge in [0.25, 0.3) is 5.91 Å². The van der Waals surface area contributed by atoms with Crippen molar-refractivity contribution in [2.45, 2.75) is 37.8 Å². The third kappa shape index (κ3) is 4.39. The molecule has 1 aliphatic carbocycles. The minimum atomic E-state index is -0.0167. The average Bonchev–Trinajstić information content (AvgIpc) is 3.64. The van der Waals surface area contributed by atoms with Crippen molar-refractivity contribution in [3.63, 3.8) is 0 Å². The molecule has 0 unspecified atom stereocenters. The van der Waals surface area contributed by atoms with Crippen LogP contribution in [0.4, 0.5) is 0 Å². The highest BCUT2D eigenvalue weighted by molar-refractivity contribution is 9.11. The smallest absolute Gasteiger partial charge is 0.261 e. The number of rotatable bonds is 5. The number of imidazole rings is 1. The van der Waals surface area contributed by atoms with Crippen LogP contribution in [-0.2, 0) is 0 Å². The SMILES string of the molecule is O=C(N[C@H]1CCC[C@@H](n2c(-c3ccccn3)nc3cnc(-n4cccn4)cc32)C1)c1ccc(Br)s1. The van der Waals surface area contributed by atoms with Gasteiger partial charge in [0.2, 0.25) is 0 Å². The number of fused-ring (bicyclic) bond motifs is 1. The third-order valence-electron chi connectivity index (χ3n) is 6.34. The molecule has 1 fully saturated rings. The Hall–Kier alpha value is -3.37. The Kier molecular flexibility index (Phi) is 5.91. The van der Waals surface area contributed by atoms with Crippen molar-refractivity contribution in [2.24, 2.45) is 0 Å². The zero-order chi connectivity index (χ0) is 23.8. The van der Waals surface area contributed by atoms with Crippen LogP contribution >= 0.6 is 27.3 Å². The average molecular weight is 548 g/mol. The van der Waals surface area contributed by atoms with Crippen LogP contribution in [0, 0.1) is 0 Å². The highest BCUT2D eigenvalue weighted by Crippen LogP contribution is 2.36. The van der Waals surface area contributed by atoms with Crippen molar-refractivity contribution in [1.82, 2.24) is 34.6 Å². The van der Waals surface area contributed by atoms with Crippen molar-refractivity contribution < 1.29 is 4.79 Å². The fourth-order valence-electron chi connectivity index (χ4n) is 4.79. The van der Waals surface area contributed by atoms with Gasteiger partial charge in [0.05, 0.1) is 20.4 Å². The Balaban J connectivity index is 1.38. The maximum atomic E-state index is 12.8. The Morgan fingerprint density at radius 3 is 2.83 bits per heavy atom. The molecule has 6 rings (SSSR count). The van der Waals surface area contributed by atoms with Gasteiger partial charge in [-0.15, -0.1) is 11.3 Å². The quantitative estimate of drug-likeness (QED) is 0.317. The van der Waals surface area contributed by atoms with E-state index in [2.05, 4.69) is 40.9 Å². The Morgan fingerprint density at radius 2 is 2.06 bits per heavy atom. The molecule has 1 amide bonds. The molecule has 0 spiro atoms. The van der Waals surface area contributed by atoms with Gasteiger partial charge >= 0.3 is 0 Å². The molecule has 5 aromatic rings. The molecule has 0 aromatic carbocycles. The molecule has 0 radical (unpaired) electrons. The number of carbonyl (C=O) groups excluding carboxylic acids is 1. The fourth-order valence-corrected chi connectivity index (χ4v) is 6.07. The Morgan fingerprint density at radius 1 is 1.11 bits per heavy atom. The molecule has 5 heterocycles. The van der Waals surface area contributed by atoms with Crippen LogP contribution in [0.15, 0.2) is 71.0 Å². The summed E-state index contributed by atoms with van der Waals surface area (Å²) in [6.45, 7) is 0. The van der Waals surface area contributed by atoms with E-state index in [9.17, 15) is 4.79 Å². The summed E-state index contributed by atoms with van der Waals surface area (Å²) >= 11 is 4.90. The van der Waals surface area contributed by atoms with Crippen LogP contribution in [0.25, 0.3) is 28.4 Å². The second kappa shape index (κ2) is 9.35. The van der Waals surface area contributed by atoms with E-state index in [4.69, 9.17) is 4.98 Å². The van der Waals surface area contributed by atoms with Gasteiger partial charge in [-0.3, -0.25) is 9.78 Å². The van der Waals surface area contributed by atoms with Gasteiger partial charge in [-0.25, -0.2) is 14.6 Å². The topological polar surface area (TPSA) is 90.5 Å². The number of carbonyl (C=O) groups is 1. The van der Waals surface area contributed by atoms with Gasteiger partial charge in [-0.05, 0) is 71.9 Å². The van der Waals surface area contributed by atoms with Crippen molar-refractivity contribution in [3.05, 3.63) is 75.9 Å². The lowest BCUT2D eigenvalue weighted by molar-refractivity contribution is 0.0925. The normalized spacial score (nSPS) is 18.1. The maximum absolute atomic E-state index is 12.8. The molecular weight excluding hydrogens is 526 g/mol. The lowest BCUT2D eigenvalue weighted by atomic mass is 9.90. The molecule has 8 nitrogen and oxygen atoms in total. The van der Waals surface area contributed by atoms with E-state index in [1.807, 2.05) is 48.7 Å². The van der Waals surface area contributed by atoms with Crippen LogP contribution in [0.1, 0.15) is 41.4 Å². The van der Waals surface area contributed by atoms with Gasteiger partial charge in [0.1, 0.15) is 11.2 Å². The number of thiophene rings is 1. The van der Waals surface area contributed by atoms with E-state index in [0.29, 0.717) is 0 Å². The number of hydrogen-bond donors (Lipinski definition) is 1. The van der Waals surface area contributed by atoms with Gasteiger partial charge in [-0.2, -0.15) is 5.10 Å². The fraction of sp³-hybridized carbons (Fsp3) is 0.240. The minimum absolute atomic E-state index is 0.0167. The first-order valence-electron chi connectivity index (χ1n) is 11.5. The summed E-state index contributed by atoms with van der Waals surface area (Å²) in [5.41, 5.74) is 2.63. The molecular formula is C25H22BrN7OS. The zero-order valence-electron chi connectivity index (χ0n) is 18.7. The molecule has 2 atom stereocenters. The number of nitrogens with one attached hydrogen (secondary N) is 1. The standard InChI is InChI=1S/C25H22BrN7OS/c26-22-9-8-21(35-22)25(34)30-16-5-3-6-17(13-16)33-20-14-23(32-12-4-11-29-32)28-15-19(20)31-24(33)18-7-1-2-10-27-18/h1-2,4,7-12,14-17H,3,5-6,13H2,(H,30,34)/t16-,17+/m0/s1. The van der Waals surface area contributed by atoms with E-state index < -0.39 is 0 Å². The van der Waals surface area contributed by atoms with Gasteiger partial charge in [0, 0.05) is 36.7 Å². The lowest BCUT2D eigenvalue weighted by Crippen LogP contribution is -2.38. The molecule has 0 aliphatic heterocycles. The number of pyridine rings is 2. The summed E-state index contributed by atoms with van der Waals surface area (Å²) in [5.74, 6) is 1.54. The predicted octanol–water partition coefficient (Wildman–Crippen LogP) is 5.42. The number of nitrogens with zero attached hydrogens (tertiary/aromatic N) is 6. The van der Waals surface area contributed by atoms with E-state index >= 15 is 0 Å². The predicted molar refractivity (Wildman–Crippen MR) is 139 cm³/mol. The zero-order valence-corrected chi connectivity index (χ0v) is 21.1. The second-order valence-electron chi connectivity index (χ2n) is 8.60. The summed E-state index contributed by atoms with van der Waals surface area (Å²) in [6.07, 6.45) is 11.0. The maximum Gasteiger partial charge on any atom is 0.261 e. The Labute approximate surface area is 214 Å². The van der Waals surface area contributed by atoms with Crippen LogP contribution in [0.2, 0.25) is 0 Å². The van der Waals surface area contributed by atoms with Gasteiger partial charge in [-0.1, -0.05) is 6.07 Å². The number of hydrogen-bond acceptors (Lipinski definition) is 6. The number of aromatic nitrogens is 6. The summed E-state index contributed by atoms with van der Waals surface area (Å²) in [4.78, 5) is 27.6. The molecule has 35 heavy (non-hydrogen) atoms. The van der Waals surface area contributed by atoms with E-state index in [1.54, 1.807) is 23.3 Å². The van der Waals surface area contributed by atoms with Crippen LogP contribution in [-0.4, -0.2) is 41.2 Å². The van der Waals surface area contributed by atoms with Crippen LogP contribution in [0.3, 0.4) is 0 Å². The monoisotopic (exact) mass is 547 g/mol. The molecule has 10 heteroatoms. The van der Waals surface area contributed by atoms with E-state index in [-0.39, 0.29) is 18.0 Å². The lowest BCUT2D eigenvalue weighted by Gasteiger charge is -2.32. The van der Waals surface area contributed by atoms with Crippen LogP contribution in [0.5, 0.6) is 0 Å². The number of halogens is 1. The number of amides is 1. The van der Waals surface area contributed by atoms with Gasteiger partial charge < -0.3 is 9.88 Å². The molecule has 0 bridgehead atoms. The van der Waals surface area contributed by atoms with E-state index in [1.165, 1.54) is 11.3 Å². The van der Waals surface area contributed by atoms with Crippen molar-refractivity contribution in [2.75, 3.05) is 0 Å². The molecule has 176 valence electrons. The first kappa shape index (κ1) is 22.1. The molecule has 0 saturated heterocycles. The Bertz CT molecular complexity index is 1480. The summed E-state index contributed by atoms with van der Waals surface area (Å²) in [7, 11) is 0. The first-order valence-corrected chi connectivity index (χ1v) is 13.1. The minimum Gasteiger partial charge on any atom is -0.349 e. The third-order valence-corrected chi connectivity index (χ3v) is 7.96. The molecule has 1 N–H and O–H groups in total. The first-order chi connectivity index (χ1) is 17.2. The molecule has 1 saturated carbocycles. The molecule has 1 aliphatic rings. The van der Waals surface area contributed by atoms with Crippen LogP contribution < -0.4 is 5.32 Å². The summed E-state index contributed by atoms with van der Waals surface area (Å²) in [6, 6.07) is 13.8. The molecule has 5 aromatic heterocycles. The van der Waals surface area contributed by atoms with Gasteiger partial charge in [0.15, 0.2) is 11.6 Å².